The van der Waals surface area contributed by atoms with Gasteiger partial charge in [0.25, 0.3) is 5.91 Å². The van der Waals surface area contributed by atoms with Crippen molar-refractivity contribution in [3.63, 3.8) is 0 Å². The largest absolute Gasteiger partial charge is 0.490 e. The first-order valence-electron chi connectivity index (χ1n) is 20.2. The Labute approximate surface area is 331 Å². The SMILES string of the molecule is COC1CCN(C2CN(C(=O)NS3(=O)=NC(=O)c4ccc5c(c4)N(C[C@@H]4CC[C@H]4[C@@H](OC)/C=C\C[C@H](C)C3)C[C@@]3(CCCc4cc(Cl)ccc43)CO5)C2)CC1. The molecule has 0 aromatic heterocycles. The van der Waals surface area contributed by atoms with Gasteiger partial charge in [0.15, 0.2) is 0 Å². The van der Waals surface area contributed by atoms with Gasteiger partial charge in [0, 0.05) is 75.5 Å². The number of carbonyl (C=O) groups excluding carboxylic acids is 2. The van der Waals surface area contributed by atoms with Crippen molar-refractivity contribution in [1.29, 1.82) is 0 Å². The predicted molar refractivity (Wildman–Crippen MR) is 215 cm³/mol. The minimum atomic E-state index is -3.48. The van der Waals surface area contributed by atoms with Crippen LogP contribution >= 0.6 is 11.6 Å². The third kappa shape index (κ3) is 8.04. The van der Waals surface area contributed by atoms with Crippen molar-refractivity contribution in [1.82, 2.24) is 14.5 Å². The second kappa shape index (κ2) is 16.0. The van der Waals surface area contributed by atoms with E-state index in [2.05, 4.69) is 43.2 Å². The van der Waals surface area contributed by atoms with E-state index in [0.29, 0.717) is 43.5 Å². The molecule has 8 rings (SSSR count). The Morgan fingerprint density at radius 3 is 2.62 bits per heavy atom. The number of halogens is 1. The Balaban J connectivity index is 1.10. The number of nitrogens with one attached hydrogen (secondary N) is 1. The molecule has 2 bridgehead atoms. The summed E-state index contributed by atoms with van der Waals surface area (Å²) in [4.78, 5) is 34.2. The highest BCUT2D eigenvalue weighted by atomic mass is 35.5. The van der Waals surface area contributed by atoms with Crippen LogP contribution in [0, 0.1) is 17.8 Å². The van der Waals surface area contributed by atoms with E-state index in [0.717, 1.165) is 87.6 Å². The molecular formula is C42H56ClN5O6S. The van der Waals surface area contributed by atoms with Crippen LogP contribution in [0.25, 0.3) is 0 Å². The number of amides is 3. The van der Waals surface area contributed by atoms with Crippen LogP contribution in [0.3, 0.4) is 0 Å². The van der Waals surface area contributed by atoms with E-state index in [1.54, 1.807) is 25.2 Å². The maximum atomic E-state index is 14.7. The molecule has 4 aliphatic heterocycles. The van der Waals surface area contributed by atoms with Crippen molar-refractivity contribution >= 4 is 39.1 Å². The summed E-state index contributed by atoms with van der Waals surface area (Å²) in [5, 5.41) is 0.746. The third-order valence-corrected chi connectivity index (χ3v) is 15.4. The first-order chi connectivity index (χ1) is 26.5. The van der Waals surface area contributed by atoms with E-state index in [9.17, 15) is 13.8 Å². The zero-order valence-corrected chi connectivity index (χ0v) is 34.0. The lowest BCUT2D eigenvalue weighted by molar-refractivity contribution is -0.00456. The van der Waals surface area contributed by atoms with E-state index in [-0.39, 0.29) is 35.3 Å². The second-order valence-corrected chi connectivity index (χ2v) is 19.3. The first-order valence-corrected chi connectivity index (χ1v) is 22.2. The Kier molecular flexibility index (Phi) is 11.3. The summed E-state index contributed by atoms with van der Waals surface area (Å²) in [7, 11) is 0.0556. The Bertz CT molecular complexity index is 1920. The summed E-state index contributed by atoms with van der Waals surface area (Å²) in [5.41, 5.74) is 3.47. The number of nitrogens with zero attached hydrogens (tertiary/aromatic N) is 4. The number of hydrogen-bond acceptors (Lipinski definition) is 8. The van der Waals surface area contributed by atoms with Gasteiger partial charge in [-0.2, -0.15) is 0 Å². The molecule has 4 heterocycles. The van der Waals surface area contributed by atoms with E-state index < -0.39 is 21.9 Å². The second-order valence-electron chi connectivity index (χ2n) is 16.9. The van der Waals surface area contributed by atoms with Crippen molar-refractivity contribution in [2.24, 2.45) is 22.1 Å². The van der Waals surface area contributed by atoms with Gasteiger partial charge in [0.05, 0.1) is 30.3 Å². The molecule has 1 spiro atoms. The van der Waals surface area contributed by atoms with Gasteiger partial charge in [-0.05, 0) is 111 Å². The smallest absolute Gasteiger partial charge is 0.329 e. The molecule has 55 heavy (non-hydrogen) atoms. The number of aryl methyl sites for hydroxylation is 1. The quantitative estimate of drug-likeness (QED) is 0.351. The van der Waals surface area contributed by atoms with Crippen LogP contribution in [0.15, 0.2) is 52.9 Å². The lowest BCUT2D eigenvalue weighted by Crippen LogP contribution is -2.64. The van der Waals surface area contributed by atoms with Crippen LogP contribution in [-0.4, -0.2) is 110 Å². The fourth-order valence-corrected chi connectivity index (χ4v) is 12.0. The number of fused-ring (bicyclic) bond motifs is 4. The highest BCUT2D eigenvalue weighted by molar-refractivity contribution is 7.92. The predicted octanol–water partition coefficient (Wildman–Crippen LogP) is 6.48. The Morgan fingerprint density at radius 2 is 1.87 bits per heavy atom. The molecule has 2 aromatic carbocycles. The number of anilines is 1. The minimum Gasteiger partial charge on any atom is -0.490 e. The molecule has 3 fully saturated rings. The number of likely N-dealkylation sites (tertiary alicyclic amines) is 2. The molecule has 0 radical (unpaired) electrons. The topological polar surface area (TPSA) is 113 Å². The number of rotatable bonds is 4. The van der Waals surface area contributed by atoms with E-state index in [4.69, 9.17) is 25.8 Å². The van der Waals surface area contributed by atoms with E-state index in [1.165, 1.54) is 11.1 Å². The van der Waals surface area contributed by atoms with Crippen LogP contribution < -0.4 is 14.4 Å². The zero-order chi connectivity index (χ0) is 38.3. The van der Waals surface area contributed by atoms with Gasteiger partial charge in [-0.3, -0.25) is 14.4 Å². The summed E-state index contributed by atoms with van der Waals surface area (Å²) >= 11 is 6.48. The Hall–Kier alpha value is -3.16. The monoisotopic (exact) mass is 793 g/mol. The minimum absolute atomic E-state index is 0.0469. The number of piperidine rings is 1. The van der Waals surface area contributed by atoms with Crippen molar-refractivity contribution < 1.29 is 28.0 Å². The molecule has 6 atom stereocenters. The molecule has 3 amide bonds. The van der Waals surface area contributed by atoms with E-state index >= 15 is 0 Å². The molecular weight excluding hydrogens is 738 g/mol. The number of allylic oxidation sites excluding steroid dienone is 1. The van der Waals surface area contributed by atoms with Crippen LogP contribution in [0.5, 0.6) is 5.75 Å². The maximum absolute atomic E-state index is 14.7. The standard InChI is InChI=1S/C42H56ClN5O6S/c1-28-6-4-8-38(53-3)35-12-9-31(35)22-48-26-42(17-5-7-29-20-32(43)11-13-36(29)42)27-54-39-14-10-30(21-37(39)48)40(49)44-55(51,25-28)45-41(50)47-23-33(24-47)46-18-15-34(52-2)16-19-46/h4,8,10-11,13-14,20-21,28,31,33-35,38H,5-7,9,12,15-19,22-27H2,1-3H3,(H,44,45,49,50,51)/b8-4-/t28-,31-,35+,38-,42-,55?/m0/s1. The number of urea groups is 1. The lowest BCUT2D eigenvalue weighted by Gasteiger charge is -2.47. The molecule has 298 valence electrons. The number of benzene rings is 2. The molecule has 1 saturated carbocycles. The molecule has 1 unspecified atom stereocenters. The number of ether oxygens (including phenoxy) is 3. The summed E-state index contributed by atoms with van der Waals surface area (Å²) in [6.45, 7) is 6.98. The van der Waals surface area contributed by atoms with Crippen molar-refractivity contribution in [3.8, 4) is 5.75 Å². The molecule has 2 saturated heterocycles. The van der Waals surface area contributed by atoms with Gasteiger partial charge in [-0.1, -0.05) is 36.7 Å². The highest BCUT2D eigenvalue weighted by Crippen LogP contribution is 2.47. The van der Waals surface area contributed by atoms with Gasteiger partial charge in [-0.25, -0.2) is 9.00 Å². The van der Waals surface area contributed by atoms with Crippen LogP contribution in [-0.2, 0) is 31.2 Å². The highest BCUT2D eigenvalue weighted by Gasteiger charge is 2.45. The molecule has 1 N–H and O–H groups in total. The van der Waals surface area contributed by atoms with Crippen molar-refractivity contribution in [2.75, 3.05) is 70.7 Å². The van der Waals surface area contributed by atoms with Crippen LogP contribution in [0.2, 0.25) is 5.02 Å². The normalized spacial score (nSPS) is 32.5. The Morgan fingerprint density at radius 1 is 1.05 bits per heavy atom. The summed E-state index contributed by atoms with van der Waals surface area (Å²) in [6.07, 6.45) is 12.2. The average Bonchev–Trinajstić information content (AvgIpc) is 3.28. The average molecular weight is 794 g/mol. The third-order valence-electron chi connectivity index (χ3n) is 13.2. The van der Waals surface area contributed by atoms with Gasteiger partial charge in [-0.15, -0.1) is 4.36 Å². The number of carbonyl (C=O) groups is 2. The van der Waals surface area contributed by atoms with Crippen LogP contribution in [0.4, 0.5) is 10.5 Å². The molecule has 2 aromatic rings. The first kappa shape index (κ1) is 38.7. The van der Waals surface area contributed by atoms with E-state index in [1.807, 2.05) is 25.1 Å². The molecule has 11 nitrogen and oxygen atoms in total. The van der Waals surface area contributed by atoms with Gasteiger partial charge >= 0.3 is 6.03 Å². The fourth-order valence-electron chi connectivity index (χ4n) is 9.90. The van der Waals surface area contributed by atoms with Gasteiger partial charge in [0.2, 0.25) is 0 Å². The summed E-state index contributed by atoms with van der Waals surface area (Å²) in [5.74, 6) is 0.786. The molecule has 2 aliphatic carbocycles. The number of hydrogen-bond donors (Lipinski definition) is 1. The van der Waals surface area contributed by atoms with Crippen molar-refractivity contribution in [2.45, 2.75) is 82.0 Å². The number of methoxy groups -OCH3 is 2. The van der Waals surface area contributed by atoms with Gasteiger partial charge < -0.3 is 24.0 Å². The van der Waals surface area contributed by atoms with Crippen molar-refractivity contribution in [3.05, 3.63) is 70.3 Å². The maximum Gasteiger partial charge on any atom is 0.329 e. The fraction of sp³-hybridized carbons (Fsp3) is 0.619. The molecule has 6 aliphatic rings. The summed E-state index contributed by atoms with van der Waals surface area (Å²) < 4.78 is 40.1. The summed E-state index contributed by atoms with van der Waals surface area (Å²) in [6, 6.07) is 11.5. The zero-order valence-electron chi connectivity index (χ0n) is 32.4. The molecule has 13 heteroatoms. The lowest BCUT2D eigenvalue weighted by atomic mass is 9.68. The van der Waals surface area contributed by atoms with Crippen LogP contribution in [0.1, 0.15) is 73.4 Å². The van der Waals surface area contributed by atoms with Gasteiger partial charge in [0.1, 0.15) is 15.7 Å².